The molecule has 0 spiro atoms. The van der Waals surface area contributed by atoms with Crippen molar-refractivity contribution < 1.29 is 23.0 Å². The van der Waals surface area contributed by atoms with Gasteiger partial charge in [-0.1, -0.05) is 0 Å². The minimum absolute atomic E-state index is 0.0988. The van der Waals surface area contributed by atoms with E-state index < -0.39 is 12.3 Å². The van der Waals surface area contributed by atoms with Gasteiger partial charge in [-0.3, -0.25) is 4.79 Å². The van der Waals surface area contributed by atoms with Crippen LogP contribution in [-0.4, -0.2) is 19.1 Å². The van der Waals surface area contributed by atoms with Crippen molar-refractivity contribution in [2.45, 2.75) is 6.43 Å². The fraction of sp³-hybridized carbons (Fsp3) is 0.222. The van der Waals surface area contributed by atoms with Crippen molar-refractivity contribution >= 4 is 11.6 Å². The maximum atomic E-state index is 11.9. The third kappa shape index (κ3) is 1.98. The first-order chi connectivity index (χ1) is 7.16. The number of fused-ring (bicyclic) bond motifs is 1. The number of ether oxygens (including phenoxy) is 2. The Balaban J connectivity index is 2.13. The highest BCUT2D eigenvalue weighted by molar-refractivity contribution is 5.93. The Labute approximate surface area is 83.8 Å². The molecule has 0 saturated heterocycles. The molecule has 1 N–H and O–H groups in total. The second kappa shape index (κ2) is 3.72. The molecule has 0 bridgehead atoms. The summed E-state index contributed by atoms with van der Waals surface area (Å²) >= 11 is 0. The smallest absolute Gasteiger partial charge is 0.315 e. The number of nitrogens with one attached hydrogen (secondary N) is 1. The van der Waals surface area contributed by atoms with Crippen LogP contribution in [0.1, 0.15) is 0 Å². The van der Waals surface area contributed by atoms with Gasteiger partial charge in [-0.25, -0.2) is 0 Å². The number of hydrogen-bond acceptors (Lipinski definition) is 3. The van der Waals surface area contributed by atoms with Crippen molar-refractivity contribution in [3.05, 3.63) is 18.2 Å². The van der Waals surface area contributed by atoms with Crippen LogP contribution in [0.5, 0.6) is 11.5 Å². The Kier molecular flexibility index (Phi) is 2.40. The van der Waals surface area contributed by atoms with E-state index in [0.29, 0.717) is 11.5 Å². The molecule has 0 radical (unpaired) electrons. The van der Waals surface area contributed by atoms with Gasteiger partial charge in [0.05, 0.1) is 0 Å². The number of halogens is 2. The Bertz CT molecular complexity index is 395. The van der Waals surface area contributed by atoms with Crippen molar-refractivity contribution in [1.82, 2.24) is 0 Å². The zero-order chi connectivity index (χ0) is 10.8. The highest BCUT2D eigenvalue weighted by atomic mass is 19.3. The van der Waals surface area contributed by atoms with Crippen LogP contribution >= 0.6 is 0 Å². The van der Waals surface area contributed by atoms with Crippen molar-refractivity contribution in [2.75, 3.05) is 12.1 Å². The molecule has 0 atom stereocenters. The second-order valence-electron chi connectivity index (χ2n) is 2.86. The monoisotopic (exact) mass is 215 g/mol. The molecule has 1 heterocycles. The summed E-state index contributed by atoms with van der Waals surface area (Å²) in [5.41, 5.74) is 0.254. The van der Waals surface area contributed by atoms with Gasteiger partial charge in [-0.15, -0.1) is 0 Å². The van der Waals surface area contributed by atoms with E-state index in [0.717, 1.165) is 0 Å². The van der Waals surface area contributed by atoms with E-state index in [9.17, 15) is 13.6 Å². The van der Waals surface area contributed by atoms with Gasteiger partial charge in [0.25, 0.3) is 5.91 Å². The number of benzene rings is 1. The molecular formula is C9H7F2NO3. The first kappa shape index (κ1) is 9.70. The molecule has 0 fully saturated rings. The highest BCUT2D eigenvalue weighted by Crippen LogP contribution is 2.34. The Morgan fingerprint density at radius 1 is 1.33 bits per heavy atom. The molecule has 80 valence electrons. The summed E-state index contributed by atoms with van der Waals surface area (Å²) in [5.74, 6) is -0.374. The lowest BCUT2D eigenvalue weighted by molar-refractivity contribution is -0.126. The van der Waals surface area contributed by atoms with Crippen molar-refractivity contribution in [2.24, 2.45) is 0 Å². The quantitative estimate of drug-likeness (QED) is 0.815. The Hall–Kier alpha value is -1.85. The van der Waals surface area contributed by atoms with Gasteiger partial charge in [0, 0.05) is 11.8 Å². The molecule has 6 heteroatoms. The number of rotatable bonds is 2. The van der Waals surface area contributed by atoms with E-state index >= 15 is 0 Å². The van der Waals surface area contributed by atoms with Gasteiger partial charge in [0.1, 0.15) is 0 Å². The summed E-state index contributed by atoms with van der Waals surface area (Å²) in [5, 5.41) is 2.05. The minimum Gasteiger partial charge on any atom is -0.454 e. The number of carbonyl (C=O) groups is 1. The first-order valence-electron chi connectivity index (χ1n) is 4.15. The normalized spacial score (nSPS) is 13.0. The number of alkyl halides is 2. The van der Waals surface area contributed by atoms with Crippen LogP contribution in [0, 0.1) is 0 Å². The lowest BCUT2D eigenvalue weighted by Crippen LogP contribution is -2.19. The van der Waals surface area contributed by atoms with E-state index in [-0.39, 0.29) is 12.5 Å². The maximum absolute atomic E-state index is 11.9. The summed E-state index contributed by atoms with van der Waals surface area (Å²) in [6, 6.07) is 4.44. The summed E-state index contributed by atoms with van der Waals surface area (Å²) < 4.78 is 33.9. The average molecular weight is 215 g/mol. The maximum Gasteiger partial charge on any atom is 0.315 e. The van der Waals surface area contributed by atoms with Crippen LogP contribution < -0.4 is 14.8 Å². The lowest BCUT2D eigenvalue weighted by Gasteiger charge is -2.04. The number of hydrogen-bond donors (Lipinski definition) is 1. The van der Waals surface area contributed by atoms with Gasteiger partial charge in [-0.2, -0.15) is 8.78 Å². The SMILES string of the molecule is O=C(Nc1ccc2c(c1)OCO2)C(F)F. The van der Waals surface area contributed by atoms with Crippen molar-refractivity contribution in [3.8, 4) is 11.5 Å². The third-order valence-electron chi connectivity index (χ3n) is 1.84. The van der Waals surface area contributed by atoms with Crippen LogP contribution in [-0.2, 0) is 4.79 Å². The molecule has 1 amide bonds. The van der Waals surface area contributed by atoms with Crippen LogP contribution in [0.25, 0.3) is 0 Å². The van der Waals surface area contributed by atoms with Crippen molar-refractivity contribution in [1.29, 1.82) is 0 Å². The Morgan fingerprint density at radius 2 is 2.07 bits per heavy atom. The predicted molar refractivity (Wildman–Crippen MR) is 47.2 cm³/mol. The predicted octanol–water partition coefficient (Wildman–Crippen LogP) is 1.62. The van der Waals surface area contributed by atoms with Crippen LogP contribution in [0.2, 0.25) is 0 Å². The molecule has 0 saturated carbocycles. The second-order valence-corrected chi connectivity index (χ2v) is 2.86. The van der Waals surface area contributed by atoms with E-state index in [1.54, 1.807) is 6.07 Å². The zero-order valence-corrected chi connectivity index (χ0v) is 7.50. The zero-order valence-electron chi connectivity index (χ0n) is 7.50. The van der Waals surface area contributed by atoms with Crippen LogP contribution in [0.4, 0.5) is 14.5 Å². The van der Waals surface area contributed by atoms with Gasteiger partial charge in [0.2, 0.25) is 6.79 Å². The van der Waals surface area contributed by atoms with Gasteiger partial charge in [0.15, 0.2) is 11.5 Å². The molecule has 1 aromatic rings. The first-order valence-corrected chi connectivity index (χ1v) is 4.15. The lowest BCUT2D eigenvalue weighted by atomic mass is 10.3. The number of carbonyl (C=O) groups excluding carboxylic acids is 1. The van der Waals surface area contributed by atoms with Crippen molar-refractivity contribution in [3.63, 3.8) is 0 Å². The molecule has 1 aliphatic rings. The Morgan fingerprint density at radius 3 is 2.80 bits per heavy atom. The molecule has 1 aliphatic heterocycles. The van der Waals surface area contributed by atoms with Gasteiger partial charge >= 0.3 is 6.43 Å². The summed E-state index contributed by atoms with van der Waals surface area (Å²) in [6.07, 6.45) is -3.03. The summed E-state index contributed by atoms with van der Waals surface area (Å²) in [4.78, 5) is 10.7. The van der Waals surface area contributed by atoms with E-state index in [2.05, 4.69) is 0 Å². The topological polar surface area (TPSA) is 47.6 Å². The fourth-order valence-electron chi connectivity index (χ4n) is 1.17. The summed E-state index contributed by atoms with van der Waals surface area (Å²) in [6.45, 7) is 0.0988. The molecule has 0 aliphatic carbocycles. The molecular weight excluding hydrogens is 208 g/mol. The van der Waals surface area contributed by atoms with Gasteiger partial charge in [-0.05, 0) is 12.1 Å². The van der Waals surface area contributed by atoms with Gasteiger partial charge < -0.3 is 14.8 Å². The molecule has 1 aromatic carbocycles. The minimum atomic E-state index is -3.03. The number of amides is 1. The summed E-state index contributed by atoms with van der Waals surface area (Å²) in [7, 11) is 0. The molecule has 0 unspecified atom stereocenters. The fourth-order valence-corrected chi connectivity index (χ4v) is 1.17. The van der Waals surface area contributed by atoms with E-state index in [4.69, 9.17) is 9.47 Å². The molecule has 2 rings (SSSR count). The van der Waals surface area contributed by atoms with E-state index in [1.807, 2.05) is 5.32 Å². The van der Waals surface area contributed by atoms with Crippen LogP contribution in [0.15, 0.2) is 18.2 Å². The largest absolute Gasteiger partial charge is 0.454 e. The molecule has 4 nitrogen and oxygen atoms in total. The molecule has 0 aromatic heterocycles. The van der Waals surface area contributed by atoms with Crippen LogP contribution in [0.3, 0.4) is 0 Å². The number of anilines is 1. The third-order valence-corrected chi connectivity index (χ3v) is 1.84. The van der Waals surface area contributed by atoms with E-state index in [1.165, 1.54) is 12.1 Å². The molecule has 15 heavy (non-hydrogen) atoms. The average Bonchev–Trinajstić information content (AvgIpc) is 2.64. The standard InChI is InChI=1S/C9H7F2NO3/c10-8(11)9(13)12-5-1-2-6-7(3-5)15-4-14-6/h1-3,8H,4H2,(H,12,13). The highest BCUT2D eigenvalue weighted by Gasteiger charge is 2.17.